The number of rotatable bonds is 0. The first-order valence-corrected chi connectivity index (χ1v) is 5.88. The molecule has 15 heavy (non-hydrogen) atoms. The third-order valence-electron chi connectivity index (χ3n) is 2.99. The summed E-state index contributed by atoms with van der Waals surface area (Å²) in [6, 6.07) is 3.82. The molecule has 3 heteroatoms. The lowest BCUT2D eigenvalue weighted by molar-refractivity contribution is 0.339. The Balaban J connectivity index is 2.51. The zero-order valence-electron chi connectivity index (χ0n) is 9.20. The van der Waals surface area contributed by atoms with Gasteiger partial charge in [0, 0.05) is 17.5 Å². The molecule has 1 atom stereocenters. The molecule has 0 fully saturated rings. The van der Waals surface area contributed by atoms with Gasteiger partial charge in [-0.05, 0) is 23.1 Å². The lowest BCUT2D eigenvalue weighted by Gasteiger charge is -2.26. The van der Waals surface area contributed by atoms with Crippen LogP contribution in [-0.2, 0) is 0 Å². The van der Waals surface area contributed by atoms with Crippen molar-refractivity contribution in [3.05, 3.63) is 27.7 Å². The van der Waals surface area contributed by atoms with E-state index in [4.69, 9.17) is 23.2 Å². The van der Waals surface area contributed by atoms with Crippen molar-refractivity contribution in [2.24, 2.45) is 5.41 Å². The van der Waals surface area contributed by atoms with Gasteiger partial charge in [-0.1, -0.05) is 44.0 Å². The molecule has 1 heterocycles. The third-order valence-corrected chi connectivity index (χ3v) is 3.51. The van der Waals surface area contributed by atoms with Crippen molar-refractivity contribution in [2.75, 3.05) is 11.9 Å². The van der Waals surface area contributed by atoms with Crippen LogP contribution in [0, 0.1) is 5.41 Å². The van der Waals surface area contributed by atoms with E-state index >= 15 is 0 Å². The van der Waals surface area contributed by atoms with Gasteiger partial charge in [0.2, 0.25) is 0 Å². The molecule has 1 nitrogen and oxygen atoms in total. The minimum atomic E-state index is 0.228. The van der Waals surface area contributed by atoms with E-state index in [0.717, 1.165) is 22.3 Å². The van der Waals surface area contributed by atoms with Crippen molar-refractivity contribution >= 4 is 28.9 Å². The topological polar surface area (TPSA) is 12.0 Å². The van der Waals surface area contributed by atoms with E-state index in [1.165, 1.54) is 5.56 Å². The second-order valence-electron chi connectivity index (χ2n) is 5.15. The van der Waals surface area contributed by atoms with Gasteiger partial charge in [-0.25, -0.2) is 0 Å². The fourth-order valence-corrected chi connectivity index (χ4v) is 2.72. The average Bonchev–Trinajstić information content (AvgIpc) is 2.45. The quantitative estimate of drug-likeness (QED) is 0.706. The van der Waals surface area contributed by atoms with Crippen molar-refractivity contribution < 1.29 is 0 Å². The van der Waals surface area contributed by atoms with E-state index in [0.29, 0.717) is 5.92 Å². The van der Waals surface area contributed by atoms with Crippen LogP contribution in [0.2, 0.25) is 10.0 Å². The molecule has 1 aliphatic rings. The van der Waals surface area contributed by atoms with Crippen LogP contribution in [0.15, 0.2) is 12.1 Å². The molecule has 0 spiro atoms. The third kappa shape index (κ3) is 1.95. The Morgan fingerprint density at radius 3 is 2.53 bits per heavy atom. The Morgan fingerprint density at radius 2 is 1.93 bits per heavy atom. The molecule has 82 valence electrons. The highest BCUT2D eigenvalue weighted by Gasteiger charge is 2.33. The van der Waals surface area contributed by atoms with Crippen LogP contribution in [-0.4, -0.2) is 6.54 Å². The van der Waals surface area contributed by atoms with Crippen LogP contribution in [0.3, 0.4) is 0 Å². The fraction of sp³-hybridized carbons (Fsp3) is 0.500. The molecule has 0 amide bonds. The van der Waals surface area contributed by atoms with Gasteiger partial charge in [0.15, 0.2) is 0 Å². The summed E-state index contributed by atoms with van der Waals surface area (Å²) in [4.78, 5) is 0. The Labute approximate surface area is 101 Å². The van der Waals surface area contributed by atoms with Crippen LogP contribution < -0.4 is 5.32 Å². The van der Waals surface area contributed by atoms with Crippen LogP contribution >= 0.6 is 23.2 Å². The largest absolute Gasteiger partial charge is 0.383 e. The van der Waals surface area contributed by atoms with Crippen LogP contribution in [0.5, 0.6) is 0 Å². The number of halogens is 2. The van der Waals surface area contributed by atoms with Gasteiger partial charge < -0.3 is 5.32 Å². The van der Waals surface area contributed by atoms with Gasteiger partial charge in [0.1, 0.15) is 0 Å². The molecule has 1 N–H and O–H groups in total. The Morgan fingerprint density at radius 1 is 1.27 bits per heavy atom. The lowest BCUT2D eigenvalue weighted by Crippen LogP contribution is -2.19. The van der Waals surface area contributed by atoms with Crippen LogP contribution in [0.25, 0.3) is 0 Å². The molecule has 1 unspecified atom stereocenters. The maximum Gasteiger partial charge on any atom is 0.0655 e. The number of benzene rings is 1. The summed E-state index contributed by atoms with van der Waals surface area (Å²) in [6.07, 6.45) is 0. The molecule has 1 aromatic carbocycles. The van der Waals surface area contributed by atoms with Crippen molar-refractivity contribution in [3.63, 3.8) is 0 Å². The van der Waals surface area contributed by atoms with Gasteiger partial charge in [-0.3, -0.25) is 0 Å². The van der Waals surface area contributed by atoms with Crippen molar-refractivity contribution in [3.8, 4) is 0 Å². The molecule has 0 aromatic heterocycles. The maximum absolute atomic E-state index is 6.14. The van der Waals surface area contributed by atoms with Crippen LogP contribution in [0.4, 0.5) is 5.69 Å². The van der Waals surface area contributed by atoms with Gasteiger partial charge >= 0.3 is 0 Å². The highest BCUT2D eigenvalue weighted by molar-refractivity contribution is 6.36. The summed E-state index contributed by atoms with van der Waals surface area (Å²) >= 11 is 12.2. The van der Waals surface area contributed by atoms with E-state index in [2.05, 4.69) is 26.1 Å². The van der Waals surface area contributed by atoms with Crippen molar-refractivity contribution in [2.45, 2.75) is 26.7 Å². The molecule has 1 aliphatic heterocycles. The van der Waals surface area contributed by atoms with E-state index in [1.807, 2.05) is 6.07 Å². The Bertz CT molecular complexity index is 393. The molecule has 0 aliphatic carbocycles. The highest BCUT2D eigenvalue weighted by atomic mass is 35.5. The van der Waals surface area contributed by atoms with Crippen molar-refractivity contribution in [1.82, 2.24) is 0 Å². The van der Waals surface area contributed by atoms with E-state index in [1.54, 1.807) is 6.07 Å². The zero-order chi connectivity index (χ0) is 11.2. The minimum absolute atomic E-state index is 0.228. The summed E-state index contributed by atoms with van der Waals surface area (Å²) in [5.41, 5.74) is 2.53. The standard InChI is InChI=1S/C12H15Cl2N/c1-12(2,3)9-6-15-11-8(9)4-7(13)5-10(11)14/h4-5,9,15H,6H2,1-3H3. The predicted molar refractivity (Wildman–Crippen MR) is 67.1 cm³/mol. The second-order valence-corrected chi connectivity index (χ2v) is 5.99. The summed E-state index contributed by atoms with van der Waals surface area (Å²) in [6.45, 7) is 7.66. The van der Waals surface area contributed by atoms with Gasteiger partial charge in [0.25, 0.3) is 0 Å². The normalized spacial score (nSPS) is 19.9. The fourth-order valence-electron chi connectivity index (χ4n) is 2.14. The first-order valence-electron chi connectivity index (χ1n) is 5.12. The number of hydrogen-bond acceptors (Lipinski definition) is 1. The highest BCUT2D eigenvalue weighted by Crippen LogP contribution is 2.46. The van der Waals surface area contributed by atoms with Gasteiger partial charge in [-0.15, -0.1) is 0 Å². The molecular formula is C12H15Cl2N. The molecule has 0 saturated carbocycles. The average molecular weight is 244 g/mol. The summed E-state index contributed by atoms with van der Waals surface area (Å²) in [7, 11) is 0. The van der Waals surface area contributed by atoms with E-state index in [9.17, 15) is 0 Å². The second kappa shape index (κ2) is 3.57. The molecule has 1 aromatic rings. The molecule has 2 rings (SSSR count). The van der Waals surface area contributed by atoms with Crippen molar-refractivity contribution in [1.29, 1.82) is 0 Å². The summed E-state index contributed by atoms with van der Waals surface area (Å²) < 4.78 is 0. The smallest absolute Gasteiger partial charge is 0.0655 e. The predicted octanol–water partition coefficient (Wildman–Crippen LogP) is 4.55. The van der Waals surface area contributed by atoms with E-state index in [-0.39, 0.29) is 5.41 Å². The number of anilines is 1. The zero-order valence-corrected chi connectivity index (χ0v) is 10.7. The number of fused-ring (bicyclic) bond motifs is 1. The summed E-state index contributed by atoms with van der Waals surface area (Å²) in [5.74, 6) is 0.476. The Hall–Kier alpha value is -0.400. The monoisotopic (exact) mass is 243 g/mol. The molecule has 0 bridgehead atoms. The number of hydrogen-bond donors (Lipinski definition) is 1. The first-order chi connectivity index (χ1) is 6.89. The first kappa shape index (κ1) is 11.1. The molecule has 0 saturated heterocycles. The van der Waals surface area contributed by atoms with Gasteiger partial charge in [-0.2, -0.15) is 0 Å². The molecular weight excluding hydrogens is 229 g/mol. The summed E-state index contributed by atoms with van der Waals surface area (Å²) in [5, 5.41) is 4.81. The molecule has 0 radical (unpaired) electrons. The SMILES string of the molecule is CC(C)(C)C1CNc2c(Cl)cc(Cl)cc21. The number of nitrogens with one attached hydrogen (secondary N) is 1. The van der Waals surface area contributed by atoms with Crippen LogP contribution in [0.1, 0.15) is 32.3 Å². The Kier molecular flexibility index (Phi) is 2.64. The minimum Gasteiger partial charge on any atom is -0.383 e. The maximum atomic E-state index is 6.14. The lowest BCUT2D eigenvalue weighted by atomic mass is 9.78. The van der Waals surface area contributed by atoms with Gasteiger partial charge in [0.05, 0.1) is 10.7 Å². The van der Waals surface area contributed by atoms with E-state index < -0.39 is 0 Å².